The summed E-state index contributed by atoms with van der Waals surface area (Å²) in [6.07, 6.45) is 2.14. The molecule has 2 aromatic carbocycles. The molecule has 0 bridgehead atoms. The van der Waals surface area contributed by atoms with Crippen molar-refractivity contribution in [3.05, 3.63) is 66.6 Å². The van der Waals surface area contributed by atoms with Crippen LogP contribution in [0.2, 0.25) is 0 Å². The highest BCUT2D eigenvalue weighted by Crippen LogP contribution is 2.32. The molecule has 9 heteroatoms. The van der Waals surface area contributed by atoms with Gasteiger partial charge in [-0.15, -0.1) is 0 Å². The van der Waals surface area contributed by atoms with Gasteiger partial charge in [0.15, 0.2) is 17.3 Å². The fourth-order valence-electron chi connectivity index (χ4n) is 2.75. The van der Waals surface area contributed by atoms with Crippen molar-refractivity contribution in [3.63, 3.8) is 0 Å². The lowest BCUT2D eigenvalue weighted by Gasteiger charge is -2.12. The third kappa shape index (κ3) is 4.35. The molecule has 0 radical (unpaired) electrons. The fourth-order valence-corrected chi connectivity index (χ4v) is 3.82. The number of benzene rings is 2. The summed E-state index contributed by atoms with van der Waals surface area (Å²) >= 11 is 0. The van der Waals surface area contributed by atoms with Gasteiger partial charge in [0.2, 0.25) is 0 Å². The first-order chi connectivity index (χ1) is 14.0. The molecular formula is C20H18N2O6S. The van der Waals surface area contributed by atoms with Crippen LogP contribution >= 0.6 is 0 Å². The number of hydrogen-bond acceptors (Lipinski definition) is 6. The maximum absolute atomic E-state index is 12.7. The van der Waals surface area contributed by atoms with E-state index in [1.165, 1.54) is 18.4 Å². The molecule has 150 valence electrons. The van der Waals surface area contributed by atoms with Crippen LogP contribution < -0.4 is 19.5 Å². The standard InChI is InChI=1S/C20H18N2O6S/c23-20(18-3-1-10-27-18)21-14-4-6-15(7-5-14)22-29(24,25)16-8-9-17-19(13-16)28-12-2-11-26-17/h1,3-10,13,22H,2,11-12H2,(H,21,23). The molecule has 0 spiro atoms. The molecule has 1 aromatic heterocycles. The minimum Gasteiger partial charge on any atom is -0.490 e. The van der Waals surface area contributed by atoms with Crippen molar-refractivity contribution in [2.75, 3.05) is 23.3 Å². The van der Waals surface area contributed by atoms with E-state index in [4.69, 9.17) is 13.9 Å². The number of sulfonamides is 1. The molecule has 1 aliphatic rings. The summed E-state index contributed by atoms with van der Waals surface area (Å²) in [5, 5.41) is 2.67. The van der Waals surface area contributed by atoms with Crippen molar-refractivity contribution in [1.29, 1.82) is 0 Å². The van der Waals surface area contributed by atoms with E-state index < -0.39 is 15.9 Å². The number of carbonyl (C=O) groups excluding carboxylic acids is 1. The monoisotopic (exact) mass is 414 g/mol. The Morgan fingerprint density at radius 3 is 2.34 bits per heavy atom. The number of rotatable bonds is 5. The molecule has 0 saturated carbocycles. The normalized spacial score (nSPS) is 13.4. The lowest BCUT2D eigenvalue weighted by molar-refractivity contribution is 0.0996. The van der Waals surface area contributed by atoms with E-state index >= 15 is 0 Å². The summed E-state index contributed by atoms with van der Waals surface area (Å²) < 4.78 is 44.0. The zero-order chi connectivity index (χ0) is 20.3. The SMILES string of the molecule is O=C(Nc1ccc(NS(=O)(=O)c2ccc3c(c2)OCCCO3)cc1)c1ccco1. The van der Waals surface area contributed by atoms with E-state index in [0.717, 1.165) is 6.42 Å². The number of carbonyl (C=O) groups is 1. The summed E-state index contributed by atoms with van der Waals surface area (Å²) in [7, 11) is -3.82. The first-order valence-electron chi connectivity index (χ1n) is 8.89. The highest BCUT2D eigenvalue weighted by atomic mass is 32.2. The molecule has 1 aliphatic heterocycles. The summed E-state index contributed by atoms with van der Waals surface area (Å²) in [6, 6.07) is 14.0. The molecule has 0 saturated heterocycles. The molecule has 2 N–H and O–H groups in total. The van der Waals surface area contributed by atoms with E-state index in [-0.39, 0.29) is 10.7 Å². The molecule has 1 amide bonds. The number of ether oxygens (including phenoxy) is 2. The highest BCUT2D eigenvalue weighted by Gasteiger charge is 2.19. The second-order valence-electron chi connectivity index (χ2n) is 6.27. The maximum Gasteiger partial charge on any atom is 0.291 e. The predicted molar refractivity (Wildman–Crippen MR) is 106 cm³/mol. The van der Waals surface area contributed by atoms with Crippen LogP contribution in [0.4, 0.5) is 11.4 Å². The summed E-state index contributed by atoms with van der Waals surface area (Å²) in [5.41, 5.74) is 0.859. The second kappa shape index (κ2) is 7.88. The predicted octanol–water partition coefficient (Wildman–Crippen LogP) is 3.49. The van der Waals surface area contributed by atoms with E-state index in [2.05, 4.69) is 10.0 Å². The van der Waals surface area contributed by atoms with Crippen molar-refractivity contribution >= 4 is 27.3 Å². The molecular weight excluding hydrogens is 396 g/mol. The number of nitrogens with one attached hydrogen (secondary N) is 2. The van der Waals surface area contributed by atoms with Crippen LogP contribution in [0, 0.1) is 0 Å². The van der Waals surface area contributed by atoms with Gasteiger partial charge in [-0.25, -0.2) is 8.42 Å². The van der Waals surface area contributed by atoms with Crippen LogP contribution in [0.15, 0.2) is 70.2 Å². The average Bonchev–Trinajstić information content (AvgIpc) is 3.15. The van der Waals surface area contributed by atoms with Crippen molar-refractivity contribution in [1.82, 2.24) is 0 Å². The van der Waals surface area contributed by atoms with Gasteiger partial charge < -0.3 is 19.2 Å². The molecule has 3 aromatic rings. The van der Waals surface area contributed by atoms with Gasteiger partial charge in [-0.2, -0.15) is 0 Å². The maximum atomic E-state index is 12.7. The second-order valence-corrected chi connectivity index (χ2v) is 7.96. The molecule has 8 nitrogen and oxygen atoms in total. The van der Waals surface area contributed by atoms with Gasteiger partial charge in [0.1, 0.15) is 0 Å². The summed E-state index contributed by atoms with van der Waals surface area (Å²) in [6.45, 7) is 0.995. The minimum absolute atomic E-state index is 0.0666. The summed E-state index contributed by atoms with van der Waals surface area (Å²) in [4.78, 5) is 12.0. The smallest absolute Gasteiger partial charge is 0.291 e. The molecule has 2 heterocycles. The number of furan rings is 1. The van der Waals surface area contributed by atoms with E-state index in [1.54, 1.807) is 42.5 Å². The first-order valence-corrected chi connectivity index (χ1v) is 10.4. The van der Waals surface area contributed by atoms with Crippen LogP contribution in [0.5, 0.6) is 11.5 Å². The van der Waals surface area contributed by atoms with E-state index in [9.17, 15) is 13.2 Å². The quantitative estimate of drug-likeness (QED) is 0.662. The molecule has 4 rings (SSSR count). The first kappa shape index (κ1) is 18.9. The van der Waals surface area contributed by atoms with Crippen LogP contribution in [-0.2, 0) is 10.0 Å². The Morgan fingerprint density at radius 2 is 1.62 bits per heavy atom. The van der Waals surface area contributed by atoms with Crippen LogP contribution in [-0.4, -0.2) is 27.5 Å². The van der Waals surface area contributed by atoms with Gasteiger partial charge in [0, 0.05) is 23.9 Å². The average molecular weight is 414 g/mol. The van der Waals surface area contributed by atoms with Crippen molar-refractivity contribution < 1.29 is 27.1 Å². The van der Waals surface area contributed by atoms with E-state index in [0.29, 0.717) is 36.1 Å². The van der Waals surface area contributed by atoms with Crippen molar-refractivity contribution in [2.45, 2.75) is 11.3 Å². The highest BCUT2D eigenvalue weighted by molar-refractivity contribution is 7.92. The van der Waals surface area contributed by atoms with Gasteiger partial charge in [-0.3, -0.25) is 9.52 Å². The largest absolute Gasteiger partial charge is 0.490 e. The minimum atomic E-state index is -3.82. The van der Waals surface area contributed by atoms with Gasteiger partial charge in [-0.1, -0.05) is 0 Å². The Morgan fingerprint density at radius 1 is 0.897 bits per heavy atom. The van der Waals surface area contributed by atoms with Gasteiger partial charge in [0.05, 0.1) is 24.4 Å². The van der Waals surface area contributed by atoms with Crippen LogP contribution in [0.25, 0.3) is 0 Å². The Balaban J connectivity index is 1.47. The van der Waals surface area contributed by atoms with Crippen molar-refractivity contribution in [3.8, 4) is 11.5 Å². The number of anilines is 2. The van der Waals surface area contributed by atoms with Crippen LogP contribution in [0.3, 0.4) is 0 Å². The van der Waals surface area contributed by atoms with E-state index in [1.807, 2.05) is 0 Å². The Labute approximate surface area is 167 Å². The number of hydrogen-bond donors (Lipinski definition) is 2. The molecule has 0 aliphatic carbocycles. The van der Waals surface area contributed by atoms with Crippen molar-refractivity contribution in [2.24, 2.45) is 0 Å². The topological polar surface area (TPSA) is 107 Å². The Hall–Kier alpha value is -3.46. The Bertz CT molecular complexity index is 1110. The molecule has 0 unspecified atom stereocenters. The van der Waals surface area contributed by atoms with Gasteiger partial charge in [-0.05, 0) is 48.5 Å². The lowest BCUT2D eigenvalue weighted by Crippen LogP contribution is -2.14. The van der Waals surface area contributed by atoms with Gasteiger partial charge >= 0.3 is 0 Å². The molecule has 29 heavy (non-hydrogen) atoms. The zero-order valence-corrected chi connectivity index (χ0v) is 16.1. The van der Waals surface area contributed by atoms with Crippen LogP contribution in [0.1, 0.15) is 17.0 Å². The molecule has 0 atom stereocenters. The summed E-state index contributed by atoms with van der Waals surface area (Å²) in [5.74, 6) is 0.721. The van der Waals surface area contributed by atoms with Gasteiger partial charge in [0.25, 0.3) is 15.9 Å². The Kier molecular flexibility index (Phi) is 5.13. The third-order valence-corrected chi connectivity index (χ3v) is 5.55. The molecule has 0 fully saturated rings. The number of amides is 1. The fraction of sp³-hybridized carbons (Fsp3) is 0.150. The lowest BCUT2D eigenvalue weighted by atomic mass is 10.3. The third-order valence-electron chi connectivity index (χ3n) is 4.17. The zero-order valence-electron chi connectivity index (χ0n) is 15.3. The number of fused-ring (bicyclic) bond motifs is 1.